The molecule has 0 fully saturated rings. The number of aromatic nitrogens is 1. The van der Waals surface area contributed by atoms with Crippen LogP contribution >= 0.6 is 0 Å². The number of nitrogens with zero attached hydrogens (tertiary/aromatic N) is 2. The lowest BCUT2D eigenvalue weighted by Crippen LogP contribution is -2.03. The molecule has 132 valence electrons. The monoisotopic (exact) mass is 353 g/mol. The molecule has 26 heavy (non-hydrogen) atoms. The fourth-order valence-electron chi connectivity index (χ4n) is 2.34. The van der Waals surface area contributed by atoms with E-state index in [0.29, 0.717) is 18.9 Å². The predicted octanol–water partition coefficient (Wildman–Crippen LogP) is 4.32. The lowest BCUT2D eigenvalue weighted by atomic mass is 10.2. The van der Waals surface area contributed by atoms with Crippen molar-refractivity contribution in [1.29, 1.82) is 0 Å². The van der Waals surface area contributed by atoms with E-state index in [1.165, 1.54) is 12.1 Å². The van der Waals surface area contributed by atoms with Gasteiger partial charge in [-0.05, 0) is 35.9 Å². The zero-order chi connectivity index (χ0) is 18.4. The molecule has 1 heterocycles. The Labute approximate surface area is 149 Å². The number of nitrogens with one attached hydrogen (secondary N) is 1. The first-order chi connectivity index (χ1) is 12.6. The largest absolute Gasteiger partial charge is 0.487 e. The Bertz CT molecular complexity index is 904. The average molecular weight is 353 g/mol. The maximum Gasteiger partial charge on any atom is 0.272 e. The van der Waals surface area contributed by atoms with Crippen LogP contribution in [0.25, 0.3) is 0 Å². The Morgan fingerprint density at radius 1 is 1.12 bits per heavy atom. The van der Waals surface area contributed by atoms with E-state index in [-0.39, 0.29) is 11.4 Å². The highest BCUT2D eigenvalue weighted by molar-refractivity contribution is 5.50. The number of hydrogen-bond donors (Lipinski definition) is 1. The standard InChI is InChI=1S/C19H16FN3O3/c20-18-11-16(23(24)25)7-8-19(18)22-12-14-4-3-6-17(10-14)26-13-15-5-1-2-9-21-15/h1-11,22H,12-13H2. The highest BCUT2D eigenvalue weighted by atomic mass is 19.1. The number of nitro groups is 1. The van der Waals surface area contributed by atoms with E-state index in [1.807, 2.05) is 42.5 Å². The van der Waals surface area contributed by atoms with Crippen molar-refractivity contribution in [2.24, 2.45) is 0 Å². The Morgan fingerprint density at radius 3 is 2.73 bits per heavy atom. The summed E-state index contributed by atoms with van der Waals surface area (Å²) in [5, 5.41) is 13.6. The van der Waals surface area contributed by atoms with E-state index in [0.717, 1.165) is 17.3 Å². The third kappa shape index (κ3) is 4.54. The molecule has 0 bridgehead atoms. The first-order valence-corrected chi connectivity index (χ1v) is 7.91. The van der Waals surface area contributed by atoms with Crippen LogP contribution in [0.15, 0.2) is 66.9 Å². The summed E-state index contributed by atoms with van der Waals surface area (Å²) >= 11 is 0. The second-order valence-corrected chi connectivity index (χ2v) is 5.53. The lowest BCUT2D eigenvalue weighted by molar-refractivity contribution is -0.385. The van der Waals surface area contributed by atoms with Gasteiger partial charge in [0.15, 0.2) is 5.82 Å². The van der Waals surface area contributed by atoms with Crippen molar-refractivity contribution in [1.82, 2.24) is 4.98 Å². The second kappa shape index (κ2) is 8.06. The topological polar surface area (TPSA) is 77.3 Å². The molecule has 7 heteroatoms. The van der Waals surface area contributed by atoms with Gasteiger partial charge in [-0.25, -0.2) is 4.39 Å². The summed E-state index contributed by atoms with van der Waals surface area (Å²) in [4.78, 5) is 14.2. The molecule has 1 aromatic heterocycles. The fraction of sp³-hybridized carbons (Fsp3) is 0.105. The van der Waals surface area contributed by atoms with E-state index in [9.17, 15) is 14.5 Å². The van der Waals surface area contributed by atoms with Gasteiger partial charge in [-0.1, -0.05) is 18.2 Å². The molecule has 0 atom stereocenters. The SMILES string of the molecule is O=[N+]([O-])c1ccc(NCc2cccc(OCc3ccccn3)c2)c(F)c1. The summed E-state index contributed by atoms with van der Waals surface area (Å²) < 4.78 is 19.6. The summed E-state index contributed by atoms with van der Waals surface area (Å²) in [5.41, 5.74) is 1.64. The molecule has 0 spiro atoms. The van der Waals surface area contributed by atoms with Crippen molar-refractivity contribution >= 4 is 11.4 Å². The summed E-state index contributed by atoms with van der Waals surface area (Å²) in [6.07, 6.45) is 1.71. The van der Waals surface area contributed by atoms with Crippen LogP contribution in [0, 0.1) is 15.9 Å². The summed E-state index contributed by atoms with van der Waals surface area (Å²) in [6.45, 7) is 0.713. The van der Waals surface area contributed by atoms with Crippen LogP contribution in [-0.4, -0.2) is 9.91 Å². The van der Waals surface area contributed by atoms with Gasteiger partial charge in [0, 0.05) is 18.8 Å². The molecule has 0 saturated carbocycles. The van der Waals surface area contributed by atoms with Crippen LogP contribution in [0.2, 0.25) is 0 Å². The van der Waals surface area contributed by atoms with Gasteiger partial charge < -0.3 is 10.1 Å². The number of nitro benzene ring substituents is 1. The van der Waals surface area contributed by atoms with Gasteiger partial charge >= 0.3 is 0 Å². The highest BCUT2D eigenvalue weighted by Gasteiger charge is 2.10. The molecule has 3 rings (SSSR count). The van der Waals surface area contributed by atoms with Crippen molar-refractivity contribution in [2.75, 3.05) is 5.32 Å². The Morgan fingerprint density at radius 2 is 2.00 bits per heavy atom. The molecule has 0 aliphatic heterocycles. The van der Waals surface area contributed by atoms with E-state index < -0.39 is 10.7 Å². The third-order valence-corrected chi connectivity index (χ3v) is 3.66. The smallest absolute Gasteiger partial charge is 0.272 e. The number of anilines is 1. The quantitative estimate of drug-likeness (QED) is 0.506. The van der Waals surface area contributed by atoms with Crippen molar-refractivity contribution in [3.05, 3.63) is 94.0 Å². The number of hydrogen-bond acceptors (Lipinski definition) is 5. The van der Waals surface area contributed by atoms with Gasteiger partial charge in [-0.3, -0.25) is 15.1 Å². The maximum atomic E-state index is 13.9. The summed E-state index contributed by atoms with van der Waals surface area (Å²) in [6, 6.07) is 16.5. The van der Waals surface area contributed by atoms with E-state index in [2.05, 4.69) is 10.3 Å². The number of rotatable bonds is 7. The second-order valence-electron chi connectivity index (χ2n) is 5.53. The first kappa shape index (κ1) is 17.3. The van der Waals surface area contributed by atoms with Crippen LogP contribution < -0.4 is 10.1 Å². The van der Waals surface area contributed by atoms with Crippen molar-refractivity contribution < 1.29 is 14.1 Å². The highest BCUT2D eigenvalue weighted by Crippen LogP contribution is 2.22. The summed E-state index contributed by atoms with van der Waals surface area (Å²) in [7, 11) is 0. The molecule has 0 radical (unpaired) electrons. The van der Waals surface area contributed by atoms with E-state index in [1.54, 1.807) is 6.20 Å². The predicted molar refractivity (Wildman–Crippen MR) is 95.4 cm³/mol. The minimum atomic E-state index is -0.665. The maximum absolute atomic E-state index is 13.9. The normalized spacial score (nSPS) is 10.3. The van der Waals surface area contributed by atoms with Gasteiger partial charge in [-0.2, -0.15) is 0 Å². The van der Waals surface area contributed by atoms with Crippen LogP contribution in [0.1, 0.15) is 11.3 Å². The van der Waals surface area contributed by atoms with E-state index >= 15 is 0 Å². The molecular formula is C19H16FN3O3. The molecule has 0 unspecified atom stereocenters. The van der Waals surface area contributed by atoms with Gasteiger partial charge in [0.05, 0.1) is 22.4 Å². The molecule has 0 aliphatic carbocycles. The Kier molecular flexibility index (Phi) is 5.38. The first-order valence-electron chi connectivity index (χ1n) is 7.91. The van der Waals surface area contributed by atoms with Crippen molar-refractivity contribution in [2.45, 2.75) is 13.2 Å². The number of benzene rings is 2. The van der Waals surface area contributed by atoms with Crippen molar-refractivity contribution in [3.63, 3.8) is 0 Å². The summed E-state index contributed by atoms with van der Waals surface area (Å²) in [5.74, 6) is 0.0147. The zero-order valence-electron chi connectivity index (χ0n) is 13.8. The number of ether oxygens (including phenoxy) is 1. The molecule has 0 amide bonds. The van der Waals surface area contributed by atoms with Gasteiger partial charge in [0.25, 0.3) is 5.69 Å². The minimum absolute atomic E-state index is 0.204. The fourth-order valence-corrected chi connectivity index (χ4v) is 2.34. The Hall–Kier alpha value is -3.48. The average Bonchev–Trinajstić information content (AvgIpc) is 2.66. The Balaban J connectivity index is 1.61. The molecule has 3 aromatic rings. The third-order valence-electron chi connectivity index (χ3n) is 3.66. The molecule has 2 aromatic carbocycles. The van der Waals surface area contributed by atoms with Crippen LogP contribution in [0.5, 0.6) is 5.75 Å². The number of halogens is 1. The van der Waals surface area contributed by atoms with Gasteiger partial charge in [-0.15, -0.1) is 0 Å². The molecule has 6 nitrogen and oxygen atoms in total. The number of non-ortho nitro benzene ring substituents is 1. The minimum Gasteiger partial charge on any atom is -0.487 e. The van der Waals surface area contributed by atoms with Crippen LogP contribution in [0.4, 0.5) is 15.8 Å². The van der Waals surface area contributed by atoms with E-state index in [4.69, 9.17) is 4.74 Å². The van der Waals surface area contributed by atoms with Gasteiger partial charge in [0.1, 0.15) is 12.4 Å². The van der Waals surface area contributed by atoms with Gasteiger partial charge in [0.2, 0.25) is 0 Å². The number of pyridine rings is 1. The molecule has 1 N–H and O–H groups in total. The molecule has 0 saturated heterocycles. The molecular weight excluding hydrogens is 337 g/mol. The molecule has 0 aliphatic rings. The lowest BCUT2D eigenvalue weighted by Gasteiger charge is -2.10. The van der Waals surface area contributed by atoms with Crippen LogP contribution in [-0.2, 0) is 13.2 Å². The van der Waals surface area contributed by atoms with Crippen LogP contribution in [0.3, 0.4) is 0 Å². The zero-order valence-corrected chi connectivity index (χ0v) is 13.8. The van der Waals surface area contributed by atoms with Crippen molar-refractivity contribution in [3.8, 4) is 5.75 Å².